The van der Waals surface area contributed by atoms with Crippen LogP contribution in [0.15, 0.2) is 11.6 Å². The minimum absolute atomic E-state index is 0.0203. The molecule has 2 N–H and O–H groups in total. The average molecular weight is 167 g/mol. The van der Waals surface area contributed by atoms with E-state index in [0.29, 0.717) is 0 Å². The molecule has 0 amide bonds. The molecule has 0 saturated carbocycles. The van der Waals surface area contributed by atoms with Gasteiger partial charge in [0.05, 0.1) is 0 Å². The fourth-order valence-electron chi connectivity index (χ4n) is 1.66. The highest BCUT2D eigenvalue weighted by atomic mass is 14.8. The second-order valence-corrected chi connectivity index (χ2v) is 5.16. The van der Waals surface area contributed by atoms with Crippen LogP contribution in [0.3, 0.4) is 0 Å². The van der Waals surface area contributed by atoms with Crippen molar-refractivity contribution >= 4 is 0 Å². The normalized spacial score (nSPS) is 31.6. The van der Waals surface area contributed by atoms with Crippen molar-refractivity contribution < 1.29 is 0 Å². The Balaban J connectivity index is 2.77. The highest BCUT2D eigenvalue weighted by Crippen LogP contribution is 2.38. The largest absolute Gasteiger partial charge is 0.324 e. The van der Waals surface area contributed by atoms with Gasteiger partial charge in [0.25, 0.3) is 0 Å². The number of hydrogen-bond acceptors (Lipinski definition) is 1. The molecule has 0 heterocycles. The summed E-state index contributed by atoms with van der Waals surface area (Å²) < 4.78 is 0. The van der Waals surface area contributed by atoms with Crippen molar-refractivity contribution in [2.24, 2.45) is 11.1 Å². The lowest BCUT2D eigenvalue weighted by Crippen LogP contribution is -2.51. The van der Waals surface area contributed by atoms with Crippen molar-refractivity contribution in [1.29, 1.82) is 0 Å². The first-order valence-electron chi connectivity index (χ1n) is 4.80. The number of rotatable bonds is 0. The molecule has 0 radical (unpaired) electrons. The van der Waals surface area contributed by atoms with Crippen LogP contribution in [-0.2, 0) is 0 Å². The van der Waals surface area contributed by atoms with E-state index in [9.17, 15) is 0 Å². The molecule has 1 rings (SSSR count). The van der Waals surface area contributed by atoms with Gasteiger partial charge in [0.15, 0.2) is 0 Å². The quantitative estimate of drug-likeness (QED) is 0.552. The zero-order valence-corrected chi connectivity index (χ0v) is 8.78. The third-order valence-electron chi connectivity index (χ3n) is 3.27. The van der Waals surface area contributed by atoms with Crippen LogP contribution in [0.5, 0.6) is 0 Å². The Morgan fingerprint density at radius 1 is 1.42 bits per heavy atom. The smallest absolute Gasteiger partial charge is 0.0241 e. The third-order valence-corrected chi connectivity index (χ3v) is 3.27. The topological polar surface area (TPSA) is 26.0 Å². The van der Waals surface area contributed by atoms with Crippen LogP contribution in [0.25, 0.3) is 0 Å². The van der Waals surface area contributed by atoms with Gasteiger partial charge in [-0.2, -0.15) is 0 Å². The first-order chi connectivity index (χ1) is 5.35. The van der Waals surface area contributed by atoms with E-state index in [1.165, 1.54) is 12.0 Å². The molecule has 0 bridgehead atoms. The minimum Gasteiger partial charge on any atom is -0.324 e. The Kier molecular flexibility index (Phi) is 2.35. The van der Waals surface area contributed by atoms with Crippen LogP contribution in [0.4, 0.5) is 0 Å². The van der Waals surface area contributed by atoms with Crippen LogP contribution < -0.4 is 5.73 Å². The maximum Gasteiger partial charge on any atom is 0.0241 e. The first-order valence-corrected chi connectivity index (χ1v) is 4.80. The van der Waals surface area contributed by atoms with E-state index in [-0.39, 0.29) is 11.0 Å². The molecule has 0 aromatic heterocycles. The number of hydrogen-bond donors (Lipinski definition) is 1. The van der Waals surface area contributed by atoms with E-state index >= 15 is 0 Å². The average Bonchev–Trinajstić information content (AvgIpc) is 1.93. The Morgan fingerprint density at radius 3 is 2.33 bits per heavy atom. The highest BCUT2D eigenvalue weighted by Gasteiger charge is 2.38. The van der Waals surface area contributed by atoms with Gasteiger partial charge >= 0.3 is 0 Å². The zero-order valence-electron chi connectivity index (χ0n) is 8.78. The molecule has 1 atom stereocenters. The molecular formula is C11H21N. The SMILES string of the molecule is CC1=CC[C@@](N)(C(C)(C)C)CC1. The van der Waals surface area contributed by atoms with E-state index in [4.69, 9.17) is 5.73 Å². The maximum absolute atomic E-state index is 6.35. The summed E-state index contributed by atoms with van der Waals surface area (Å²) in [7, 11) is 0. The number of allylic oxidation sites excluding steroid dienone is 1. The van der Waals surface area contributed by atoms with E-state index < -0.39 is 0 Å². The van der Waals surface area contributed by atoms with Crippen molar-refractivity contribution in [2.45, 2.75) is 52.5 Å². The van der Waals surface area contributed by atoms with Gasteiger partial charge in [-0.25, -0.2) is 0 Å². The summed E-state index contributed by atoms with van der Waals surface area (Å²) in [5.41, 5.74) is 8.10. The van der Waals surface area contributed by atoms with Gasteiger partial charge in [0.1, 0.15) is 0 Å². The molecule has 0 unspecified atom stereocenters. The zero-order chi connectivity index (χ0) is 9.41. The molecule has 0 aromatic carbocycles. The van der Waals surface area contributed by atoms with Crippen LogP contribution in [0.2, 0.25) is 0 Å². The fourth-order valence-corrected chi connectivity index (χ4v) is 1.66. The lowest BCUT2D eigenvalue weighted by Gasteiger charge is -2.43. The molecule has 1 heteroatoms. The molecule has 1 nitrogen and oxygen atoms in total. The second-order valence-electron chi connectivity index (χ2n) is 5.16. The summed E-state index contributed by atoms with van der Waals surface area (Å²) in [6.07, 6.45) is 5.66. The molecular weight excluding hydrogens is 146 g/mol. The highest BCUT2D eigenvalue weighted by molar-refractivity contribution is 5.12. The predicted molar refractivity (Wildman–Crippen MR) is 54.0 cm³/mol. The van der Waals surface area contributed by atoms with Gasteiger partial charge in [0, 0.05) is 5.54 Å². The predicted octanol–water partition coefficient (Wildman–Crippen LogP) is 2.86. The van der Waals surface area contributed by atoms with Gasteiger partial charge in [-0.1, -0.05) is 32.4 Å². The summed E-state index contributed by atoms with van der Waals surface area (Å²) in [6, 6.07) is 0. The van der Waals surface area contributed by atoms with E-state index in [2.05, 4.69) is 33.8 Å². The maximum atomic E-state index is 6.35. The van der Waals surface area contributed by atoms with E-state index in [1.807, 2.05) is 0 Å². The van der Waals surface area contributed by atoms with E-state index in [1.54, 1.807) is 0 Å². The van der Waals surface area contributed by atoms with Gasteiger partial charge in [0.2, 0.25) is 0 Å². The van der Waals surface area contributed by atoms with Crippen molar-refractivity contribution in [3.8, 4) is 0 Å². The molecule has 12 heavy (non-hydrogen) atoms. The van der Waals surface area contributed by atoms with Crippen LogP contribution in [-0.4, -0.2) is 5.54 Å². The summed E-state index contributed by atoms with van der Waals surface area (Å²) in [5, 5.41) is 0. The van der Waals surface area contributed by atoms with Crippen LogP contribution >= 0.6 is 0 Å². The van der Waals surface area contributed by atoms with Crippen molar-refractivity contribution in [3.05, 3.63) is 11.6 Å². The molecule has 1 aliphatic carbocycles. The van der Waals surface area contributed by atoms with Gasteiger partial charge in [-0.15, -0.1) is 0 Å². The van der Waals surface area contributed by atoms with Gasteiger partial charge in [-0.3, -0.25) is 0 Å². The molecule has 1 aliphatic rings. The first kappa shape index (κ1) is 9.79. The minimum atomic E-state index is 0.0203. The van der Waals surface area contributed by atoms with Crippen molar-refractivity contribution in [2.75, 3.05) is 0 Å². The second kappa shape index (κ2) is 2.88. The Morgan fingerprint density at radius 2 is 2.00 bits per heavy atom. The standard InChI is InChI=1S/C11H21N/c1-9-5-7-11(12,8-6-9)10(2,3)4/h5H,6-8,12H2,1-4H3/t11-/m0/s1. The van der Waals surface area contributed by atoms with Crippen LogP contribution in [0.1, 0.15) is 47.0 Å². The van der Waals surface area contributed by atoms with Gasteiger partial charge in [-0.05, 0) is 31.6 Å². The molecule has 0 fully saturated rings. The fraction of sp³-hybridized carbons (Fsp3) is 0.818. The molecule has 0 saturated heterocycles. The summed E-state index contributed by atoms with van der Waals surface area (Å²) in [6.45, 7) is 8.91. The van der Waals surface area contributed by atoms with Crippen molar-refractivity contribution in [1.82, 2.24) is 0 Å². The van der Waals surface area contributed by atoms with Crippen LogP contribution in [0, 0.1) is 5.41 Å². The lowest BCUT2D eigenvalue weighted by atomic mass is 9.67. The van der Waals surface area contributed by atoms with Crippen molar-refractivity contribution in [3.63, 3.8) is 0 Å². The molecule has 70 valence electrons. The lowest BCUT2D eigenvalue weighted by molar-refractivity contribution is 0.170. The summed E-state index contributed by atoms with van der Waals surface area (Å²) in [5.74, 6) is 0. The monoisotopic (exact) mass is 167 g/mol. The Hall–Kier alpha value is -0.300. The Labute approximate surface area is 76.0 Å². The van der Waals surface area contributed by atoms with Gasteiger partial charge < -0.3 is 5.73 Å². The third kappa shape index (κ3) is 1.71. The van der Waals surface area contributed by atoms with E-state index in [0.717, 1.165) is 12.8 Å². The molecule has 0 aliphatic heterocycles. The Bertz CT molecular complexity index is 198. The molecule has 0 aromatic rings. The summed E-state index contributed by atoms with van der Waals surface area (Å²) >= 11 is 0. The molecule has 0 spiro atoms. The summed E-state index contributed by atoms with van der Waals surface area (Å²) in [4.78, 5) is 0. The number of nitrogens with two attached hydrogens (primary N) is 1.